The number of nitro benzene ring substituents is 1. The number of phenols is 1. The number of nitrogens with zero attached hydrogens (tertiary/aromatic N) is 2. The molecule has 0 spiro atoms. The fourth-order valence-corrected chi connectivity index (χ4v) is 1.22. The van der Waals surface area contributed by atoms with Crippen molar-refractivity contribution in [3.8, 4) is 11.5 Å². The van der Waals surface area contributed by atoms with Crippen molar-refractivity contribution in [2.24, 2.45) is 0 Å². The number of para-hydroxylation sites is 1. The molecule has 0 unspecified atom stereocenters. The number of rotatable bonds is 4. The monoisotopic (exact) mass is 292 g/mol. The van der Waals surface area contributed by atoms with Gasteiger partial charge in [0.05, 0.1) is 9.85 Å². The number of phenolic OH excluding ortho intramolecular Hbond substituents is 1. The number of ether oxygens (including phenoxy) is 1. The van der Waals surface area contributed by atoms with Gasteiger partial charge in [-0.25, -0.2) is 0 Å². The smallest absolute Gasteiger partial charge is 0.344 e. The van der Waals surface area contributed by atoms with Crippen molar-refractivity contribution in [2.45, 2.75) is 0 Å². The van der Waals surface area contributed by atoms with Gasteiger partial charge in [-0.1, -0.05) is 18.2 Å². The van der Waals surface area contributed by atoms with Gasteiger partial charge in [0.2, 0.25) is 0 Å². The Balaban J connectivity index is 0.000000211. The summed E-state index contributed by atoms with van der Waals surface area (Å²) in [6.45, 7) is -0.482. The zero-order valence-electron chi connectivity index (χ0n) is 10.8. The SMILES string of the molecule is O=[N+]([O-])COc1ccccc1.O=[N+]([O-])c1ccc(O)cc1. The molecule has 0 aliphatic carbocycles. The van der Waals surface area contributed by atoms with Gasteiger partial charge in [-0.3, -0.25) is 20.2 Å². The number of hydrogen-bond acceptors (Lipinski definition) is 6. The van der Waals surface area contributed by atoms with E-state index in [0.29, 0.717) is 5.75 Å². The number of benzene rings is 2. The van der Waals surface area contributed by atoms with Gasteiger partial charge < -0.3 is 9.84 Å². The second kappa shape index (κ2) is 8.10. The lowest BCUT2D eigenvalue weighted by Crippen LogP contribution is -2.07. The van der Waals surface area contributed by atoms with Crippen molar-refractivity contribution in [2.75, 3.05) is 6.73 Å². The summed E-state index contributed by atoms with van der Waals surface area (Å²) in [5.41, 5.74) is -0.0159. The minimum absolute atomic E-state index is 0.0159. The van der Waals surface area contributed by atoms with Crippen LogP contribution in [-0.2, 0) is 0 Å². The third-order valence-corrected chi connectivity index (χ3v) is 2.14. The molecule has 2 aromatic rings. The molecule has 2 aromatic carbocycles. The molecule has 0 saturated heterocycles. The molecular formula is C13H12N2O6. The van der Waals surface area contributed by atoms with Gasteiger partial charge in [-0.05, 0) is 24.3 Å². The highest BCUT2D eigenvalue weighted by Crippen LogP contribution is 2.15. The van der Waals surface area contributed by atoms with E-state index >= 15 is 0 Å². The van der Waals surface area contributed by atoms with E-state index in [1.54, 1.807) is 24.3 Å². The zero-order chi connectivity index (χ0) is 15.7. The summed E-state index contributed by atoms with van der Waals surface area (Å²) < 4.78 is 4.77. The molecule has 0 saturated carbocycles. The predicted octanol–water partition coefficient (Wildman–Crippen LogP) is 2.60. The molecule has 0 bridgehead atoms. The van der Waals surface area contributed by atoms with Crippen LogP contribution in [0.2, 0.25) is 0 Å². The lowest BCUT2D eigenvalue weighted by molar-refractivity contribution is -0.514. The molecule has 0 amide bonds. The van der Waals surface area contributed by atoms with Crippen molar-refractivity contribution in [3.63, 3.8) is 0 Å². The first-order chi connectivity index (χ1) is 9.99. The van der Waals surface area contributed by atoms with Crippen LogP contribution in [0, 0.1) is 20.2 Å². The molecule has 8 heteroatoms. The zero-order valence-corrected chi connectivity index (χ0v) is 10.8. The van der Waals surface area contributed by atoms with Gasteiger partial charge in [0, 0.05) is 12.1 Å². The normalized spacial score (nSPS) is 9.14. The number of non-ortho nitro benzene ring substituents is 1. The molecule has 0 heterocycles. The molecule has 0 radical (unpaired) electrons. The Morgan fingerprint density at radius 1 is 0.952 bits per heavy atom. The van der Waals surface area contributed by atoms with E-state index < -0.39 is 16.6 Å². The second-order valence-electron chi connectivity index (χ2n) is 3.69. The average Bonchev–Trinajstić information content (AvgIpc) is 2.47. The Morgan fingerprint density at radius 2 is 1.52 bits per heavy atom. The van der Waals surface area contributed by atoms with E-state index in [4.69, 9.17) is 9.84 Å². The summed E-state index contributed by atoms with van der Waals surface area (Å²) in [5.74, 6) is 0.551. The van der Waals surface area contributed by atoms with Crippen LogP contribution in [0.25, 0.3) is 0 Å². The second-order valence-corrected chi connectivity index (χ2v) is 3.69. The van der Waals surface area contributed by atoms with Gasteiger partial charge in [0.1, 0.15) is 11.5 Å². The maximum absolute atomic E-state index is 10.0. The highest BCUT2D eigenvalue weighted by Gasteiger charge is 2.01. The topological polar surface area (TPSA) is 116 Å². The van der Waals surface area contributed by atoms with Gasteiger partial charge in [-0.15, -0.1) is 0 Å². The molecule has 0 aliphatic heterocycles. The van der Waals surface area contributed by atoms with Gasteiger partial charge in [0.15, 0.2) is 0 Å². The highest BCUT2D eigenvalue weighted by atomic mass is 16.7. The summed E-state index contributed by atoms with van der Waals surface area (Å²) in [6.07, 6.45) is 0. The molecule has 8 nitrogen and oxygen atoms in total. The summed E-state index contributed by atoms with van der Waals surface area (Å²) in [7, 11) is 0. The summed E-state index contributed by atoms with van der Waals surface area (Å²) >= 11 is 0. The van der Waals surface area contributed by atoms with Crippen LogP contribution < -0.4 is 4.74 Å². The van der Waals surface area contributed by atoms with E-state index in [0.717, 1.165) is 0 Å². The van der Waals surface area contributed by atoms with Crippen LogP contribution in [0.15, 0.2) is 54.6 Å². The van der Waals surface area contributed by atoms with Crippen molar-refractivity contribution >= 4 is 5.69 Å². The fourth-order valence-electron chi connectivity index (χ4n) is 1.22. The number of nitro groups is 2. The molecule has 0 atom stereocenters. The molecule has 21 heavy (non-hydrogen) atoms. The molecule has 1 N–H and O–H groups in total. The van der Waals surface area contributed by atoms with Crippen LogP contribution in [0.1, 0.15) is 0 Å². The third-order valence-electron chi connectivity index (χ3n) is 2.14. The first-order valence-corrected chi connectivity index (χ1v) is 5.72. The Morgan fingerprint density at radius 3 is 2.00 bits per heavy atom. The van der Waals surface area contributed by atoms with E-state index in [9.17, 15) is 20.2 Å². The van der Waals surface area contributed by atoms with Crippen LogP contribution in [-0.4, -0.2) is 21.7 Å². The molecular weight excluding hydrogens is 280 g/mol. The Hall–Kier alpha value is -3.16. The average molecular weight is 292 g/mol. The Labute approximate surface area is 119 Å². The van der Waals surface area contributed by atoms with Crippen LogP contribution in [0.3, 0.4) is 0 Å². The third kappa shape index (κ3) is 6.53. The maximum Gasteiger partial charge on any atom is 0.344 e. The molecule has 0 fully saturated rings. The van der Waals surface area contributed by atoms with Gasteiger partial charge in [-0.2, -0.15) is 0 Å². The quantitative estimate of drug-likeness (QED) is 0.526. The van der Waals surface area contributed by atoms with Crippen LogP contribution in [0.4, 0.5) is 5.69 Å². The maximum atomic E-state index is 10.0. The van der Waals surface area contributed by atoms with Crippen molar-refractivity contribution in [1.82, 2.24) is 0 Å². The minimum Gasteiger partial charge on any atom is -0.508 e. The van der Waals surface area contributed by atoms with Crippen LogP contribution in [0.5, 0.6) is 11.5 Å². The van der Waals surface area contributed by atoms with E-state index in [1.807, 2.05) is 6.07 Å². The largest absolute Gasteiger partial charge is 0.508 e. The Bertz CT molecular complexity index is 585. The number of hydrogen-bond donors (Lipinski definition) is 1. The summed E-state index contributed by atoms with van der Waals surface area (Å²) in [6, 6.07) is 13.7. The Kier molecular flexibility index (Phi) is 6.13. The highest BCUT2D eigenvalue weighted by molar-refractivity contribution is 5.35. The summed E-state index contributed by atoms with van der Waals surface area (Å²) in [4.78, 5) is 18.9. The van der Waals surface area contributed by atoms with Crippen molar-refractivity contribution in [1.29, 1.82) is 0 Å². The lowest BCUT2D eigenvalue weighted by Gasteiger charge is -1.98. The van der Waals surface area contributed by atoms with Crippen LogP contribution >= 0.6 is 0 Å². The van der Waals surface area contributed by atoms with E-state index in [-0.39, 0.29) is 11.4 Å². The van der Waals surface area contributed by atoms with E-state index in [1.165, 1.54) is 24.3 Å². The van der Waals surface area contributed by atoms with Crippen molar-refractivity contribution < 1.29 is 19.7 Å². The van der Waals surface area contributed by atoms with Gasteiger partial charge in [0.25, 0.3) is 5.69 Å². The molecule has 0 aromatic heterocycles. The molecule has 110 valence electrons. The minimum atomic E-state index is -0.521. The standard InChI is InChI=1S/C7H7NO3.C6H5NO3/c9-8(10)6-11-7-4-2-1-3-5-7;8-6-3-1-5(2-4-6)7(9)10/h1-5H,6H2;1-4,8H. The van der Waals surface area contributed by atoms with E-state index in [2.05, 4.69) is 0 Å². The summed E-state index contributed by atoms with van der Waals surface area (Å²) in [5, 5.41) is 28.6. The van der Waals surface area contributed by atoms with Gasteiger partial charge >= 0.3 is 6.73 Å². The van der Waals surface area contributed by atoms with Crippen molar-refractivity contribution in [3.05, 3.63) is 74.8 Å². The lowest BCUT2D eigenvalue weighted by atomic mass is 10.3. The fraction of sp³-hybridized carbons (Fsp3) is 0.0769. The first-order valence-electron chi connectivity index (χ1n) is 5.72. The molecule has 2 rings (SSSR count). The number of aromatic hydroxyl groups is 1. The predicted molar refractivity (Wildman–Crippen MR) is 73.7 cm³/mol. The first kappa shape index (κ1) is 15.9. The molecule has 0 aliphatic rings.